The molecule has 0 saturated carbocycles. The molecular weight excluding hydrogens is 376 g/mol. The van der Waals surface area contributed by atoms with Crippen LogP contribution in [0.1, 0.15) is 16.3 Å². The maximum Gasteiger partial charge on any atom is 0.387 e. The first-order valence-electron chi connectivity index (χ1n) is 8.07. The van der Waals surface area contributed by atoms with Gasteiger partial charge in [0.15, 0.2) is 6.61 Å². The van der Waals surface area contributed by atoms with Gasteiger partial charge in [-0.25, -0.2) is 4.79 Å². The smallest absolute Gasteiger partial charge is 0.387 e. The van der Waals surface area contributed by atoms with E-state index in [-0.39, 0.29) is 11.5 Å². The van der Waals surface area contributed by atoms with Gasteiger partial charge in [0.2, 0.25) is 5.76 Å². The fourth-order valence-corrected chi connectivity index (χ4v) is 2.25. The molecule has 1 amide bonds. The number of aromatic nitrogens is 2. The molecule has 0 aliphatic carbocycles. The number of anilines is 1. The lowest BCUT2D eigenvalue weighted by molar-refractivity contribution is -0.119. The van der Waals surface area contributed by atoms with Crippen molar-refractivity contribution in [2.24, 2.45) is 0 Å². The Morgan fingerprint density at radius 3 is 2.64 bits per heavy atom. The Kier molecular flexibility index (Phi) is 6.00. The second kappa shape index (κ2) is 8.80. The number of halogens is 2. The molecule has 0 aliphatic heterocycles. The average Bonchev–Trinajstić information content (AvgIpc) is 3.33. The van der Waals surface area contributed by atoms with Crippen molar-refractivity contribution in [2.75, 3.05) is 11.9 Å². The Morgan fingerprint density at radius 1 is 1.18 bits per heavy atom. The zero-order valence-electron chi connectivity index (χ0n) is 14.4. The van der Waals surface area contributed by atoms with E-state index in [2.05, 4.69) is 15.2 Å². The normalized spacial score (nSPS) is 10.7. The van der Waals surface area contributed by atoms with E-state index in [0.717, 1.165) is 0 Å². The van der Waals surface area contributed by atoms with Crippen LogP contribution >= 0.6 is 0 Å². The van der Waals surface area contributed by atoms with Gasteiger partial charge in [0.25, 0.3) is 5.91 Å². The van der Waals surface area contributed by atoms with E-state index in [9.17, 15) is 18.4 Å². The molecule has 0 aliphatic rings. The third kappa shape index (κ3) is 5.40. The highest BCUT2D eigenvalue weighted by molar-refractivity contribution is 5.94. The van der Waals surface area contributed by atoms with Crippen LogP contribution in [0, 0.1) is 0 Å². The van der Waals surface area contributed by atoms with E-state index in [1.54, 1.807) is 29.2 Å². The van der Waals surface area contributed by atoms with Gasteiger partial charge < -0.3 is 19.2 Å². The lowest BCUT2D eigenvalue weighted by atomic mass is 10.3. The summed E-state index contributed by atoms with van der Waals surface area (Å²) in [5.41, 5.74) is 0.335. The highest BCUT2D eigenvalue weighted by Crippen LogP contribution is 2.17. The zero-order chi connectivity index (χ0) is 19.9. The second-order valence-corrected chi connectivity index (χ2v) is 5.50. The van der Waals surface area contributed by atoms with Crippen LogP contribution in [0.15, 0.2) is 59.3 Å². The van der Waals surface area contributed by atoms with Crippen LogP contribution in [0.25, 0.3) is 0 Å². The summed E-state index contributed by atoms with van der Waals surface area (Å²) in [5.74, 6) is -0.959. The van der Waals surface area contributed by atoms with Gasteiger partial charge in [-0.2, -0.15) is 13.9 Å². The minimum atomic E-state index is -2.93. The van der Waals surface area contributed by atoms with Gasteiger partial charge in [0.05, 0.1) is 6.54 Å². The van der Waals surface area contributed by atoms with Crippen LogP contribution < -0.4 is 10.1 Å². The van der Waals surface area contributed by atoms with E-state index in [1.807, 2.05) is 0 Å². The minimum Gasteiger partial charge on any atom is -0.452 e. The number of furan rings is 1. The Bertz CT molecular complexity index is 923. The lowest BCUT2D eigenvalue weighted by Gasteiger charge is -2.07. The molecule has 0 atom stereocenters. The fraction of sp³-hybridized carbons (Fsp3) is 0.167. The van der Waals surface area contributed by atoms with Gasteiger partial charge in [0, 0.05) is 18.1 Å². The highest BCUT2D eigenvalue weighted by Gasteiger charge is 2.15. The van der Waals surface area contributed by atoms with Gasteiger partial charge >= 0.3 is 12.6 Å². The average molecular weight is 391 g/mol. The van der Waals surface area contributed by atoms with Crippen molar-refractivity contribution in [3.05, 3.63) is 66.4 Å². The summed E-state index contributed by atoms with van der Waals surface area (Å²) >= 11 is 0. The van der Waals surface area contributed by atoms with Crippen LogP contribution in [0.2, 0.25) is 0 Å². The number of nitrogens with one attached hydrogen (secondary N) is 1. The summed E-state index contributed by atoms with van der Waals surface area (Å²) in [6.07, 6.45) is 3.37. The SMILES string of the molecule is O=C(COC(=O)c1ccc(Cn2cccn2)o1)Nc1ccc(OC(F)F)cc1. The number of benzene rings is 1. The first-order chi connectivity index (χ1) is 13.5. The molecule has 2 heterocycles. The van der Waals surface area contributed by atoms with E-state index >= 15 is 0 Å². The molecule has 0 fully saturated rings. The van der Waals surface area contributed by atoms with Gasteiger partial charge in [-0.05, 0) is 42.5 Å². The van der Waals surface area contributed by atoms with Crippen molar-refractivity contribution >= 4 is 17.6 Å². The fourth-order valence-electron chi connectivity index (χ4n) is 2.25. The molecule has 8 nitrogen and oxygen atoms in total. The molecule has 3 rings (SSSR count). The molecule has 146 valence electrons. The van der Waals surface area contributed by atoms with Gasteiger partial charge in [-0.3, -0.25) is 9.48 Å². The number of hydrogen-bond acceptors (Lipinski definition) is 6. The van der Waals surface area contributed by atoms with Crippen molar-refractivity contribution in [1.29, 1.82) is 0 Å². The molecular formula is C18H15F2N3O5. The zero-order valence-corrected chi connectivity index (χ0v) is 14.4. The van der Waals surface area contributed by atoms with Crippen LogP contribution in [-0.4, -0.2) is 34.9 Å². The first kappa shape index (κ1) is 19.1. The van der Waals surface area contributed by atoms with Gasteiger partial charge in [0.1, 0.15) is 11.5 Å². The molecule has 0 radical (unpaired) electrons. The summed E-state index contributed by atoms with van der Waals surface area (Å²) in [7, 11) is 0. The van der Waals surface area contributed by atoms with Gasteiger partial charge in [-0.1, -0.05) is 0 Å². The second-order valence-electron chi connectivity index (χ2n) is 5.50. The molecule has 1 N–H and O–H groups in total. The predicted molar refractivity (Wildman–Crippen MR) is 92.0 cm³/mol. The molecule has 28 heavy (non-hydrogen) atoms. The Balaban J connectivity index is 1.46. The Morgan fingerprint density at radius 2 is 1.96 bits per heavy atom. The summed E-state index contributed by atoms with van der Waals surface area (Å²) in [5, 5.41) is 6.49. The molecule has 0 saturated heterocycles. The number of esters is 1. The topological polar surface area (TPSA) is 95.6 Å². The largest absolute Gasteiger partial charge is 0.452 e. The molecule has 0 spiro atoms. The summed E-state index contributed by atoms with van der Waals surface area (Å²) in [6.45, 7) is -3.11. The number of alkyl halides is 2. The van der Waals surface area contributed by atoms with Crippen molar-refractivity contribution in [3.63, 3.8) is 0 Å². The van der Waals surface area contributed by atoms with Crippen LogP contribution in [0.3, 0.4) is 0 Å². The van der Waals surface area contributed by atoms with Crippen molar-refractivity contribution in [3.8, 4) is 5.75 Å². The van der Waals surface area contributed by atoms with Crippen molar-refractivity contribution in [2.45, 2.75) is 13.2 Å². The van der Waals surface area contributed by atoms with E-state index < -0.39 is 25.1 Å². The standard InChI is InChI=1S/C18H15F2N3O5/c19-18(20)28-13-4-2-12(3-5-13)22-16(24)11-26-17(25)15-7-6-14(27-15)10-23-9-1-8-21-23/h1-9,18H,10-11H2,(H,22,24). The number of carbonyl (C=O) groups is 2. The Hall–Kier alpha value is -3.69. The molecule has 2 aromatic heterocycles. The monoisotopic (exact) mass is 391 g/mol. The number of amides is 1. The number of nitrogens with zero attached hydrogens (tertiary/aromatic N) is 2. The van der Waals surface area contributed by atoms with Gasteiger partial charge in [-0.15, -0.1) is 0 Å². The molecule has 1 aromatic carbocycles. The summed E-state index contributed by atoms with van der Waals surface area (Å²) in [4.78, 5) is 23.8. The third-order valence-electron chi connectivity index (χ3n) is 3.44. The number of carbonyl (C=O) groups excluding carboxylic acids is 2. The summed E-state index contributed by atoms with van der Waals surface area (Å²) in [6, 6.07) is 10.1. The first-order valence-corrected chi connectivity index (χ1v) is 8.07. The van der Waals surface area contributed by atoms with E-state index in [4.69, 9.17) is 9.15 Å². The number of rotatable bonds is 8. The molecule has 3 aromatic rings. The number of hydrogen-bond donors (Lipinski definition) is 1. The quantitative estimate of drug-likeness (QED) is 0.593. The molecule has 0 bridgehead atoms. The van der Waals surface area contributed by atoms with Crippen molar-refractivity contribution in [1.82, 2.24) is 9.78 Å². The van der Waals surface area contributed by atoms with E-state index in [1.165, 1.54) is 30.3 Å². The predicted octanol–water partition coefficient (Wildman–Crippen LogP) is 2.92. The van der Waals surface area contributed by atoms with Crippen LogP contribution in [-0.2, 0) is 16.1 Å². The maximum atomic E-state index is 12.1. The molecule has 0 unspecified atom stereocenters. The van der Waals surface area contributed by atoms with Crippen LogP contribution in [0.4, 0.5) is 14.5 Å². The maximum absolute atomic E-state index is 12.1. The third-order valence-corrected chi connectivity index (χ3v) is 3.44. The number of ether oxygens (including phenoxy) is 2. The minimum absolute atomic E-state index is 0.0385. The molecule has 10 heteroatoms. The highest BCUT2D eigenvalue weighted by atomic mass is 19.3. The van der Waals surface area contributed by atoms with E-state index in [0.29, 0.717) is 18.0 Å². The van der Waals surface area contributed by atoms with Crippen LogP contribution in [0.5, 0.6) is 5.75 Å². The summed E-state index contributed by atoms with van der Waals surface area (Å²) < 4.78 is 40.3. The Labute approximate surface area is 157 Å². The lowest BCUT2D eigenvalue weighted by Crippen LogP contribution is -2.20. The van der Waals surface area contributed by atoms with Crippen molar-refractivity contribution < 1.29 is 32.3 Å².